The van der Waals surface area contributed by atoms with E-state index in [9.17, 15) is 0 Å². The van der Waals surface area contributed by atoms with E-state index in [1.165, 1.54) is 30.6 Å². The highest BCUT2D eigenvalue weighted by Gasteiger charge is 2.25. The second-order valence-corrected chi connectivity index (χ2v) is 6.14. The van der Waals surface area contributed by atoms with Gasteiger partial charge in [0.2, 0.25) is 0 Å². The molecule has 2 heteroatoms. The van der Waals surface area contributed by atoms with Crippen LogP contribution in [0.5, 0.6) is 0 Å². The van der Waals surface area contributed by atoms with Crippen molar-refractivity contribution in [1.29, 1.82) is 0 Å². The van der Waals surface area contributed by atoms with Gasteiger partial charge in [0, 0.05) is 9.70 Å². The molecule has 1 aromatic heterocycles. The SMILES string of the molecule is Cc1sccc1C1CCCCC1Br. The minimum atomic E-state index is 0.717. The van der Waals surface area contributed by atoms with Crippen LogP contribution in [0.15, 0.2) is 11.4 Å². The van der Waals surface area contributed by atoms with E-state index in [1.807, 2.05) is 11.3 Å². The maximum atomic E-state index is 3.81. The highest BCUT2D eigenvalue weighted by Crippen LogP contribution is 2.39. The van der Waals surface area contributed by atoms with Crippen molar-refractivity contribution >= 4 is 27.3 Å². The first kappa shape index (κ1) is 9.72. The van der Waals surface area contributed by atoms with Crippen molar-refractivity contribution in [2.75, 3.05) is 0 Å². The van der Waals surface area contributed by atoms with Crippen molar-refractivity contribution in [3.63, 3.8) is 0 Å². The van der Waals surface area contributed by atoms with Gasteiger partial charge in [-0.15, -0.1) is 11.3 Å². The highest BCUT2D eigenvalue weighted by atomic mass is 79.9. The average molecular weight is 259 g/mol. The third-order valence-corrected chi connectivity index (χ3v) is 4.94. The van der Waals surface area contributed by atoms with Gasteiger partial charge in [0.05, 0.1) is 0 Å². The number of thiophene rings is 1. The first-order valence-corrected chi connectivity index (χ1v) is 6.76. The van der Waals surface area contributed by atoms with Gasteiger partial charge in [0.25, 0.3) is 0 Å². The molecule has 1 saturated carbocycles. The quantitative estimate of drug-likeness (QED) is 0.652. The maximum Gasteiger partial charge on any atom is 0.0214 e. The molecule has 72 valence electrons. The summed E-state index contributed by atoms with van der Waals surface area (Å²) >= 11 is 5.69. The Morgan fingerprint density at radius 2 is 2.15 bits per heavy atom. The van der Waals surface area contributed by atoms with Crippen LogP contribution in [0.2, 0.25) is 0 Å². The fraction of sp³-hybridized carbons (Fsp3) is 0.636. The average Bonchev–Trinajstić information content (AvgIpc) is 2.52. The molecule has 0 aliphatic heterocycles. The first-order valence-electron chi connectivity index (χ1n) is 4.97. The Kier molecular flexibility index (Phi) is 3.10. The third kappa shape index (κ3) is 1.99. The van der Waals surface area contributed by atoms with Crippen LogP contribution in [-0.4, -0.2) is 4.83 Å². The van der Waals surface area contributed by atoms with Crippen LogP contribution in [0.1, 0.15) is 42.0 Å². The minimum absolute atomic E-state index is 0.717. The van der Waals surface area contributed by atoms with E-state index < -0.39 is 0 Å². The van der Waals surface area contributed by atoms with Gasteiger partial charge in [0.1, 0.15) is 0 Å². The van der Waals surface area contributed by atoms with Crippen molar-refractivity contribution in [2.24, 2.45) is 0 Å². The Hall–Kier alpha value is 0.180. The number of rotatable bonds is 1. The molecule has 0 radical (unpaired) electrons. The second kappa shape index (κ2) is 4.14. The summed E-state index contributed by atoms with van der Waals surface area (Å²) in [5.41, 5.74) is 1.59. The molecule has 0 aromatic carbocycles. The molecular formula is C11H15BrS. The van der Waals surface area contributed by atoms with E-state index in [4.69, 9.17) is 0 Å². The van der Waals surface area contributed by atoms with Gasteiger partial charge in [-0.3, -0.25) is 0 Å². The molecule has 2 unspecified atom stereocenters. The zero-order chi connectivity index (χ0) is 9.26. The van der Waals surface area contributed by atoms with Gasteiger partial charge in [-0.25, -0.2) is 0 Å². The lowest BCUT2D eigenvalue weighted by molar-refractivity contribution is 0.461. The minimum Gasteiger partial charge on any atom is -0.149 e. The van der Waals surface area contributed by atoms with Crippen molar-refractivity contribution in [2.45, 2.75) is 43.4 Å². The van der Waals surface area contributed by atoms with Gasteiger partial charge >= 0.3 is 0 Å². The molecule has 0 nitrogen and oxygen atoms in total. The zero-order valence-corrected chi connectivity index (χ0v) is 10.3. The number of aryl methyl sites for hydroxylation is 1. The largest absolute Gasteiger partial charge is 0.149 e. The molecule has 1 aliphatic carbocycles. The topological polar surface area (TPSA) is 0 Å². The number of hydrogen-bond donors (Lipinski definition) is 0. The second-order valence-electron chi connectivity index (χ2n) is 3.84. The fourth-order valence-corrected chi connectivity index (χ4v) is 3.86. The Morgan fingerprint density at radius 3 is 2.77 bits per heavy atom. The standard InChI is InChI=1S/C11H15BrS/c1-8-9(6-7-13-8)10-4-2-3-5-11(10)12/h6-7,10-11H,2-5H2,1H3. The van der Waals surface area contributed by atoms with Crippen LogP contribution in [0.4, 0.5) is 0 Å². The van der Waals surface area contributed by atoms with Crippen LogP contribution in [0.3, 0.4) is 0 Å². The van der Waals surface area contributed by atoms with E-state index in [2.05, 4.69) is 34.3 Å². The lowest BCUT2D eigenvalue weighted by Crippen LogP contribution is -2.17. The molecule has 0 spiro atoms. The molecule has 1 fully saturated rings. The van der Waals surface area contributed by atoms with Gasteiger partial charge in [-0.05, 0) is 42.7 Å². The molecule has 13 heavy (non-hydrogen) atoms. The Balaban J connectivity index is 2.19. The molecule has 0 saturated heterocycles. The summed E-state index contributed by atoms with van der Waals surface area (Å²) < 4.78 is 0. The molecule has 0 bridgehead atoms. The van der Waals surface area contributed by atoms with E-state index in [1.54, 1.807) is 5.56 Å². The lowest BCUT2D eigenvalue weighted by atomic mass is 9.84. The summed E-state index contributed by atoms with van der Waals surface area (Å²) in [7, 11) is 0. The van der Waals surface area contributed by atoms with Crippen LogP contribution in [0.25, 0.3) is 0 Å². The summed E-state index contributed by atoms with van der Waals surface area (Å²) in [6.07, 6.45) is 5.52. The van der Waals surface area contributed by atoms with E-state index in [0.717, 1.165) is 10.7 Å². The van der Waals surface area contributed by atoms with Gasteiger partial charge in [-0.2, -0.15) is 0 Å². The summed E-state index contributed by atoms with van der Waals surface area (Å²) in [5.74, 6) is 0.778. The predicted molar refractivity (Wildman–Crippen MR) is 63.0 cm³/mol. The smallest absolute Gasteiger partial charge is 0.0214 e. The Morgan fingerprint density at radius 1 is 1.38 bits per heavy atom. The van der Waals surface area contributed by atoms with Crippen LogP contribution in [0, 0.1) is 6.92 Å². The number of halogens is 1. The normalized spacial score (nSPS) is 29.1. The Labute approximate surface area is 92.5 Å². The Bertz CT molecular complexity index is 279. The van der Waals surface area contributed by atoms with Gasteiger partial charge in [-0.1, -0.05) is 28.8 Å². The number of hydrogen-bond acceptors (Lipinski definition) is 1. The zero-order valence-electron chi connectivity index (χ0n) is 7.92. The molecule has 1 aromatic rings. The monoisotopic (exact) mass is 258 g/mol. The molecule has 0 amide bonds. The molecule has 2 rings (SSSR count). The van der Waals surface area contributed by atoms with E-state index in [0.29, 0.717) is 0 Å². The van der Waals surface area contributed by atoms with Crippen molar-refractivity contribution in [3.05, 3.63) is 21.9 Å². The van der Waals surface area contributed by atoms with Gasteiger partial charge < -0.3 is 0 Å². The van der Waals surface area contributed by atoms with Crippen LogP contribution >= 0.6 is 27.3 Å². The van der Waals surface area contributed by atoms with Crippen molar-refractivity contribution < 1.29 is 0 Å². The summed E-state index contributed by atoms with van der Waals surface area (Å²) in [5, 5.41) is 2.22. The molecule has 1 heterocycles. The lowest BCUT2D eigenvalue weighted by Gasteiger charge is -2.27. The number of alkyl halides is 1. The van der Waals surface area contributed by atoms with E-state index in [-0.39, 0.29) is 0 Å². The first-order chi connectivity index (χ1) is 6.29. The van der Waals surface area contributed by atoms with Crippen molar-refractivity contribution in [1.82, 2.24) is 0 Å². The molecule has 2 atom stereocenters. The summed E-state index contributed by atoms with van der Waals surface area (Å²) in [6, 6.07) is 2.31. The van der Waals surface area contributed by atoms with E-state index >= 15 is 0 Å². The van der Waals surface area contributed by atoms with Crippen LogP contribution < -0.4 is 0 Å². The maximum absolute atomic E-state index is 3.81. The van der Waals surface area contributed by atoms with Crippen LogP contribution in [-0.2, 0) is 0 Å². The summed E-state index contributed by atoms with van der Waals surface area (Å²) in [4.78, 5) is 2.23. The summed E-state index contributed by atoms with van der Waals surface area (Å²) in [6.45, 7) is 2.24. The fourth-order valence-electron chi connectivity index (χ4n) is 2.22. The van der Waals surface area contributed by atoms with Gasteiger partial charge in [0.15, 0.2) is 0 Å². The highest BCUT2D eigenvalue weighted by molar-refractivity contribution is 9.09. The molecule has 1 aliphatic rings. The predicted octanol–water partition coefficient (Wildman–Crippen LogP) is 4.48. The molecule has 0 N–H and O–H groups in total. The third-order valence-electron chi connectivity index (χ3n) is 2.98. The molecular weight excluding hydrogens is 244 g/mol. The van der Waals surface area contributed by atoms with Crippen molar-refractivity contribution in [3.8, 4) is 0 Å².